The van der Waals surface area contributed by atoms with E-state index in [1.54, 1.807) is 7.11 Å². The summed E-state index contributed by atoms with van der Waals surface area (Å²) in [5, 5.41) is 9.50. The highest BCUT2D eigenvalue weighted by Crippen LogP contribution is 2.21. The highest BCUT2D eigenvalue weighted by Gasteiger charge is 2.30. The predicted octanol–water partition coefficient (Wildman–Crippen LogP) is -0.768. The first kappa shape index (κ1) is 11.8. The lowest BCUT2D eigenvalue weighted by atomic mass is 10.1. The van der Waals surface area contributed by atoms with E-state index in [4.69, 9.17) is 4.74 Å². The molecule has 1 amide bonds. The summed E-state index contributed by atoms with van der Waals surface area (Å²) in [6.45, 7) is 2.51. The van der Waals surface area contributed by atoms with Crippen molar-refractivity contribution >= 4 is 5.91 Å². The maximum atomic E-state index is 11.9. The molecule has 92 valence electrons. The molecule has 1 heterocycles. The summed E-state index contributed by atoms with van der Waals surface area (Å²) in [4.78, 5) is 11.9. The molecule has 3 atom stereocenters. The Morgan fingerprint density at radius 2 is 2.25 bits per heavy atom. The van der Waals surface area contributed by atoms with E-state index in [2.05, 4.69) is 16.0 Å². The second kappa shape index (κ2) is 5.61. The second-order valence-electron chi connectivity index (χ2n) is 4.53. The van der Waals surface area contributed by atoms with Crippen molar-refractivity contribution in [3.8, 4) is 0 Å². The van der Waals surface area contributed by atoms with Crippen molar-refractivity contribution in [2.75, 3.05) is 26.7 Å². The smallest absolute Gasteiger partial charge is 0.238 e. The fourth-order valence-electron chi connectivity index (χ4n) is 2.50. The summed E-state index contributed by atoms with van der Waals surface area (Å²) in [5.41, 5.74) is 0. The monoisotopic (exact) mass is 227 g/mol. The van der Waals surface area contributed by atoms with Crippen LogP contribution in [0, 0.1) is 0 Å². The molecule has 3 unspecified atom stereocenters. The molecule has 0 bridgehead atoms. The van der Waals surface area contributed by atoms with Gasteiger partial charge < -0.3 is 20.7 Å². The van der Waals surface area contributed by atoms with Gasteiger partial charge in [0.15, 0.2) is 0 Å². The van der Waals surface area contributed by atoms with Gasteiger partial charge in [-0.15, -0.1) is 0 Å². The highest BCUT2D eigenvalue weighted by atomic mass is 16.5. The van der Waals surface area contributed by atoms with E-state index in [9.17, 15) is 4.79 Å². The van der Waals surface area contributed by atoms with Crippen LogP contribution in [0.4, 0.5) is 0 Å². The van der Waals surface area contributed by atoms with Crippen molar-refractivity contribution in [1.82, 2.24) is 16.0 Å². The van der Waals surface area contributed by atoms with Crippen LogP contribution in [0.2, 0.25) is 0 Å². The molecule has 2 rings (SSSR count). The Bertz CT molecular complexity index is 241. The van der Waals surface area contributed by atoms with Gasteiger partial charge in [-0.05, 0) is 19.3 Å². The lowest BCUT2D eigenvalue weighted by molar-refractivity contribution is -0.124. The summed E-state index contributed by atoms with van der Waals surface area (Å²) in [6.07, 6.45) is 3.42. The van der Waals surface area contributed by atoms with Crippen LogP contribution in [0.5, 0.6) is 0 Å². The van der Waals surface area contributed by atoms with E-state index >= 15 is 0 Å². The number of piperazine rings is 1. The van der Waals surface area contributed by atoms with E-state index in [0.29, 0.717) is 0 Å². The van der Waals surface area contributed by atoms with E-state index in [1.807, 2.05) is 0 Å². The third-order valence-corrected chi connectivity index (χ3v) is 3.44. The van der Waals surface area contributed by atoms with Gasteiger partial charge in [-0.3, -0.25) is 4.79 Å². The first-order chi connectivity index (χ1) is 7.81. The standard InChI is InChI=1S/C11H21N3O2/c1-16-10-4-2-3-8(10)14-11(15)9-7-12-5-6-13-9/h8-10,12-13H,2-7H2,1H3,(H,14,15). The van der Waals surface area contributed by atoms with Crippen LogP contribution < -0.4 is 16.0 Å². The number of nitrogens with one attached hydrogen (secondary N) is 3. The van der Waals surface area contributed by atoms with Crippen molar-refractivity contribution in [1.29, 1.82) is 0 Å². The molecular formula is C11H21N3O2. The molecule has 16 heavy (non-hydrogen) atoms. The van der Waals surface area contributed by atoms with Gasteiger partial charge in [-0.2, -0.15) is 0 Å². The summed E-state index contributed by atoms with van der Waals surface area (Å²) < 4.78 is 5.36. The summed E-state index contributed by atoms with van der Waals surface area (Å²) in [7, 11) is 1.72. The number of rotatable bonds is 3. The van der Waals surface area contributed by atoms with Gasteiger partial charge in [0.25, 0.3) is 0 Å². The van der Waals surface area contributed by atoms with Crippen LogP contribution in [0.25, 0.3) is 0 Å². The molecule has 1 aliphatic carbocycles. The molecule has 0 aromatic carbocycles. The Labute approximate surface area is 96.3 Å². The molecule has 5 heteroatoms. The maximum Gasteiger partial charge on any atom is 0.238 e. The van der Waals surface area contributed by atoms with Crippen molar-refractivity contribution in [3.63, 3.8) is 0 Å². The molecule has 0 spiro atoms. The number of carbonyl (C=O) groups excluding carboxylic acids is 1. The average molecular weight is 227 g/mol. The van der Waals surface area contributed by atoms with Gasteiger partial charge in [0.1, 0.15) is 0 Å². The minimum absolute atomic E-state index is 0.0909. The van der Waals surface area contributed by atoms with Crippen LogP contribution in [0.3, 0.4) is 0 Å². The van der Waals surface area contributed by atoms with E-state index in [-0.39, 0.29) is 24.1 Å². The predicted molar refractivity (Wildman–Crippen MR) is 61.2 cm³/mol. The van der Waals surface area contributed by atoms with Crippen LogP contribution in [-0.4, -0.2) is 50.8 Å². The van der Waals surface area contributed by atoms with Crippen LogP contribution in [0.15, 0.2) is 0 Å². The van der Waals surface area contributed by atoms with Crippen LogP contribution >= 0.6 is 0 Å². The number of hydrogen-bond acceptors (Lipinski definition) is 4. The minimum Gasteiger partial charge on any atom is -0.379 e. The Hall–Kier alpha value is -0.650. The Kier molecular flexibility index (Phi) is 4.15. The molecule has 5 nitrogen and oxygen atoms in total. The van der Waals surface area contributed by atoms with Gasteiger partial charge >= 0.3 is 0 Å². The zero-order chi connectivity index (χ0) is 11.4. The maximum absolute atomic E-state index is 11.9. The molecule has 3 N–H and O–H groups in total. The van der Waals surface area contributed by atoms with E-state index in [1.165, 1.54) is 0 Å². The van der Waals surface area contributed by atoms with Gasteiger partial charge in [-0.1, -0.05) is 0 Å². The summed E-state index contributed by atoms with van der Waals surface area (Å²) in [6, 6.07) is 0.105. The Morgan fingerprint density at radius 3 is 2.94 bits per heavy atom. The zero-order valence-corrected chi connectivity index (χ0v) is 9.79. The largest absolute Gasteiger partial charge is 0.379 e. The third-order valence-electron chi connectivity index (χ3n) is 3.44. The van der Waals surface area contributed by atoms with Crippen LogP contribution in [-0.2, 0) is 9.53 Å². The zero-order valence-electron chi connectivity index (χ0n) is 9.79. The van der Waals surface area contributed by atoms with Crippen molar-refractivity contribution in [2.24, 2.45) is 0 Å². The van der Waals surface area contributed by atoms with Gasteiger partial charge in [0, 0.05) is 26.7 Å². The lowest BCUT2D eigenvalue weighted by Gasteiger charge is -2.27. The molecule has 1 aliphatic heterocycles. The minimum atomic E-state index is -0.0909. The number of methoxy groups -OCH3 is 1. The van der Waals surface area contributed by atoms with Crippen LogP contribution in [0.1, 0.15) is 19.3 Å². The van der Waals surface area contributed by atoms with Gasteiger partial charge in [0.2, 0.25) is 5.91 Å². The molecule has 0 radical (unpaired) electrons. The van der Waals surface area contributed by atoms with Crippen molar-refractivity contribution < 1.29 is 9.53 Å². The average Bonchev–Trinajstić information content (AvgIpc) is 2.77. The molecule has 0 aromatic rings. The SMILES string of the molecule is COC1CCCC1NC(=O)C1CNCCN1. The quantitative estimate of drug-likeness (QED) is 0.592. The Balaban J connectivity index is 1.81. The molecule has 0 aromatic heterocycles. The summed E-state index contributed by atoms with van der Waals surface area (Å²) in [5.74, 6) is 0.0983. The molecule has 2 aliphatic rings. The van der Waals surface area contributed by atoms with Gasteiger partial charge in [0.05, 0.1) is 18.2 Å². The highest BCUT2D eigenvalue weighted by molar-refractivity contribution is 5.82. The first-order valence-electron chi connectivity index (χ1n) is 6.08. The van der Waals surface area contributed by atoms with Gasteiger partial charge in [-0.25, -0.2) is 0 Å². The lowest BCUT2D eigenvalue weighted by Crippen LogP contribution is -2.57. The summed E-state index contributed by atoms with van der Waals surface area (Å²) >= 11 is 0. The Morgan fingerprint density at radius 1 is 1.38 bits per heavy atom. The molecular weight excluding hydrogens is 206 g/mol. The van der Waals surface area contributed by atoms with E-state index < -0.39 is 0 Å². The number of amides is 1. The fourth-order valence-corrected chi connectivity index (χ4v) is 2.50. The topological polar surface area (TPSA) is 62.4 Å². The molecule has 1 saturated carbocycles. The number of carbonyl (C=O) groups is 1. The third kappa shape index (κ3) is 2.72. The van der Waals surface area contributed by atoms with E-state index in [0.717, 1.165) is 38.9 Å². The molecule has 1 saturated heterocycles. The second-order valence-corrected chi connectivity index (χ2v) is 4.53. The first-order valence-corrected chi connectivity index (χ1v) is 6.08. The van der Waals surface area contributed by atoms with Crippen molar-refractivity contribution in [3.05, 3.63) is 0 Å². The van der Waals surface area contributed by atoms with Crippen molar-refractivity contribution in [2.45, 2.75) is 37.5 Å². The number of ether oxygens (including phenoxy) is 1. The fraction of sp³-hybridized carbons (Fsp3) is 0.909. The number of hydrogen-bond donors (Lipinski definition) is 3. The normalized spacial score (nSPS) is 34.9. The molecule has 2 fully saturated rings.